The van der Waals surface area contributed by atoms with E-state index in [1.807, 2.05) is 22.6 Å². The number of nitrogens with zero attached hydrogens (tertiary/aromatic N) is 4. The molecule has 0 fully saturated rings. The summed E-state index contributed by atoms with van der Waals surface area (Å²) in [5, 5.41) is 10.5. The summed E-state index contributed by atoms with van der Waals surface area (Å²) in [5.74, 6) is -1.50. The van der Waals surface area contributed by atoms with E-state index in [4.69, 9.17) is 0 Å². The lowest BCUT2D eigenvalue weighted by Gasteiger charge is -2.20. The molecule has 0 unspecified atom stereocenters. The molecule has 2 rings (SSSR count). The number of halogens is 4. The van der Waals surface area contributed by atoms with Crippen LogP contribution in [0.5, 0.6) is 0 Å². The minimum Gasteiger partial charge on any atom is -0.415 e. The zero-order valence-corrected chi connectivity index (χ0v) is 11.5. The summed E-state index contributed by atoms with van der Waals surface area (Å²) in [6.45, 7) is 3.29. The van der Waals surface area contributed by atoms with Gasteiger partial charge in [0.15, 0.2) is 0 Å². The van der Waals surface area contributed by atoms with Crippen molar-refractivity contribution in [3.63, 3.8) is 0 Å². The van der Waals surface area contributed by atoms with E-state index >= 15 is 0 Å². The van der Waals surface area contributed by atoms with Crippen LogP contribution in [0.3, 0.4) is 0 Å². The zero-order valence-electron chi connectivity index (χ0n) is 9.36. The standard InChI is InChI=1S/C9H8F3IN4O/c1-8(2,17-4-5(13)3-14-17)6-15-16-7(18-6)9(10,11)12/h3-4H,1-2H3. The van der Waals surface area contributed by atoms with Crippen molar-refractivity contribution >= 4 is 22.6 Å². The Kier molecular flexibility index (Phi) is 3.11. The van der Waals surface area contributed by atoms with Gasteiger partial charge in [-0.05, 0) is 36.4 Å². The van der Waals surface area contributed by atoms with Gasteiger partial charge in [-0.1, -0.05) is 0 Å². The van der Waals surface area contributed by atoms with Gasteiger partial charge in [0.05, 0.1) is 9.77 Å². The van der Waals surface area contributed by atoms with Crippen molar-refractivity contribution < 1.29 is 17.6 Å². The molecule has 0 aliphatic rings. The van der Waals surface area contributed by atoms with Crippen LogP contribution in [0.4, 0.5) is 13.2 Å². The Morgan fingerprint density at radius 1 is 1.22 bits per heavy atom. The predicted octanol–water partition coefficient (Wildman–Crippen LogP) is 2.67. The minimum atomic E-state index is -4.64. The average molecular weight is 372 g/mol. The predicted molar refractivity (Wildman–Crippen MR) is 62.7 cm³/mol. The van der Waals surface area contributed by atoms with E-state index in [0.29, 0.717) is 0 Å². The van der Waals surface area contributed by atoms with E-state index in [9.17, 15) is 13.2 Å². The molecule has 0 saturated carbocycles. The SMILES string of the molecule is CC(C)(c1nnc(C(F)(F)F)o1)n1cc(I)cn1. The molecule has 5 nitrogen and oxygen atoms in total. The topological polar surface area (TPSA) is 56.7 Å². The van der Waals surface area contributed by atoms with E-state index in [0.717, 1.165) is 3.57 Å². The van der Waals surface area contributed by atoms with Gasteiger partial charge in [0, 0.05) is 6.20 Å². The molecular formula is C9H8F3IN4O. The number of hydrogen-bond acceptors (Lipinski definition) is 4. The van der Waals surface area contributed by atoms with Gasteiger partial charge in [-0.2, -0.15) is 18.3 Å². The first-order chi connectivity index (χ1) is 8.21. The zero-order chi connectivity index (χ0) is 13.6. The van der Waals surface area contributed by atoms with Gasteiger partial charge in [-0.15, -0.1) is 10.2 Å². The molecule has 0 aromatic carbocycles. The summed E-state index contributed by atoms with van der Waals surface area (Å²) >= 11 is 2.05. The molecular weight excluding hydrogens is 364 g/mol. The van der Waals surface area contributed by atoms with Crippen molar-refractivity contribution in [2.45, 2.75) is 25.6 Å². The second-order valence-electron chi connectivity index (χ2n) is 4.07. The highest BCUT2D eigenvalue weighted by Crippen LogP contribution is 2.31. The first kappa shape index (κ1) is 13.3. The Morgan fingerprint density at radius 3 is 2.28 bits per heavy atom. The van der Waals surface area contributed by atoms with Gasteiger partial charge in [0.25, 0.3) is 0 Å². The smallest absolute Gasteiger partial charge is 0.415 e. The fraction of sp³-hybridized carbons (Fsp3) is 0.444. The molecule has 0 bridgehead atoms. The summed E-state index contributed by atoms with van der Waals surface area (Å²) in [7, 11) is 0. The van der Waals surface area contributed by atoms with Crippen molar-refractivity contribution in [2.75, 3.05) is 0 Å². The number of rotatable bonds is 2. The summed E-state index contributed by atoms with van der Waals surface area (Å²) in [6, 6.07) is 0. The van der Waals surface area contributed by atoms with Crippen LogP contribution in [-0.2, 0) is 11.7 Å². The summed E-state index contributed by atoms with van der Waals surface area (Å²) in [5.41, 5.74) is -0.945. The van der Waals surface area contributed by atoms with E-state index in [-0.39, 0.29) is 5.89 Å². The first-order valence-corrected chi connectivity index (χ1v) is 5.91. The van der Waals surface area contributed by atoms with Crippen LogP contribution in [0.1, 0.15) is 25.6 Å². The number of alkyl halides is 3. The average Bonchev–Trinajstić information content (AvgIpc) is 2.83. The molecule has 0 radical (unpaired) electrons. The molecule has 0 amide bonds. The largest absolute Gasteiger partial charge is 0.470 e. The first-order valence-electron chi connectivity index (χ1n) is 4.83. The highest BCUT2D eigenvalue weighted by atomic mass is 127. The highest BCUT2D eigenvalue weighted by Gasteiger charge is 2.40. The second kappa shape index (κ2) is 4.21. The van der Waals surface area contributed by atoms with Crippen molar-refractivity contribution in [3.05, 3.63) is 27.7 Å². The number of hydrogen-bond donors (Lipinski definition) is 0. The van der Waals surface area contributed by atoms with E-state index < -0.39 is 17.6 Å². The quantitative estimate of drug-likeness (QED) is 0.761. The Hall–Kier alpha value is -1.13. The van der Waals surface area contributed by atoms with Gasteiger partial charge in [-0.3, -0.25) is 4.68 Å². The van der Waals surface area contributed by atoms with Gasteiger partial charge >= 0.3 is 12.1 Å². The third kappa shape index (κ3) is 2.35. The molecule has 2 aromatic rings. The van der Waals surface area contributed by atoms with E-state index in [1.54, 1.807) is 26.2 Å². The minimum absolute atomic E-state index is 0.144. The Bertz CT molecular complexity index is 560. The Balaban J connectivity index is 2.39. The molecule has 9 heteroatoms. The molecule has 98 valence electrons. The maximum absolute atomic E-state index is 12.4. The van der Waals surface area contributed by atoms with Crippen molar-refractivity contribution in [1.82, 2.24) is 20.0 Å². The van der Waals surface area contributed by atoms with Crippen LogP contribution in [0.15, 0.2) is 16.8 Å². The Labute approximate surface area is 114 Å². The molecule has 0 aliphatic carbocycles. The fourth-order valence-corrected chi connectivity index (χ4v) is 1.68. The summed E-state index contributed by atoms with van der Waals surface area (Å²) in [4.78, 5) is 0. The molecule has 0 N–H and O–H groups in total. The normalized spacial score (nSPS) is 13.0. The third-order valence-electron chi connectivity index (χ3n) is 2.31. The maximum Gasteiger partial charge on any atom is 0.470 e. The molecule has 18 heavy (non-hydrogen) atoms. The van der Waals surface area contributed by atoms with Gasteiger partial charge in [0.2, 0.25) is 5.89 Å². The molecule has 0 spiro atoms. The van der Waals surface area contributed by atoms with Crippen LogP contribution >= 0.6 is 22.6 Å². The maximum atomic E-state index is 12.4. The molecule has 0 aliphatic heterocycles. The summed E-state index contributed by atoms with van der Waals surface area (Å²) < 4.78 is 44.1. The Morgan fingerprint density at radius 2 is 1.83 bits per heavy atom. The summed E-state index contributed by atoms with van der Waals surface area (Å²) in [6.07, 6.45) is -1.37. The fourth-order valence-electron chi connectivity index (χ4n) is 1.29. The lowest BCUT2D eigenvalue weighted by Crippen LogP contribution is -2.28. The second-order valence-corrected chi connectivity index (χ2v) is 5.32. The van der Waals surface area contributed by atoms with Gasteiger partial charge < -0.3 is 4.42 Å². The highest BCUT2D eigenvalue weighted by molar-refractivity contribution is 14.1. The lowest BCUT2D eigenvalue weighted by atomic mass is 10.1. The lowest BCUT2D eigenvalue weighted by molar-refractivity contribution is -0.158. The van der Waals surface area contributed by atoms with Gasteiger partial charge in [0.1, 0.15) is 5.54 Å². The van der Waals surface area contributed by atoms with Crippen molar-refractivity contribution in [1.29, 1.82) is 0 Å². The van der Waals surface area contributed by atoms with Gasteiger partial charge in [-0.25, -0.2) is 0 Å². The molecule has 2 aromatic heterocycles. The van der Waals surface area contributed by atoms with Crippen LogP contribution in [0, 0.1) is 3.57 Å². The molecule has 0 atom stereocenters. The third-order valence-corrected chi connectivity index (χ3v) is 2.87. The van der Waals surface area contributed by atoms with E-state index in [1.165, 1.54) is 4.68 Å². The molecule has 0 saturated heterocycles. The van der Waals surface area contributed by atoms with Crippen molar-refractivity contribution in [3.8, 4) is 0 Å². The van der Waals surface area contributed by atoms with E-state index in [2.05, 4.69) is 19.7 Å². The van der Waals surface area contributed by atoms with Crippen LogP contribution in [-0.4, -0.2) is 20.0 Å². The van der Waals surface area contributed by atoms with Crippen molar-refractivity contribution in [2.24, 2.45) is 0 Å². The van der Waals surface area contributed by atoms with Crippen LogP contribution < -0.4 is 0 Å². The number of aromatic nitrogens is 4. The monoisotopic (exact) mass is 372 g/mol. The van der Waals surface area contributed by atoms with Crippen LogP contribution in [0.25, 0.3) is 0 Å². The van der Waals surface area contributed by atoms with Crippen LogP contribution in [0.2, 0.25) is 0 Å². The molecule has 2 heterocycles.